The van der Waals surface area contributed by atoms with Gasteiger partial charge in [-0.25, -0.2) is 0 Å². The van der Waals surface area contributed by atoms with Gasteiger partial charge in [-0.15, -0.1) is 12.4 Å². The van der Waals surface area contributed by atoms with Crippen LogP contribution in [-0.2, 0) is 4.79 Å². The molecular formula is C19H31ClN2O2. The maximum atomic E-state index is 12.6. The van der Waals surface area contributed by atoms with Gasteiger partial charge < -0.3 is 15.4 Å². The van der Waals surface area contributed by atoms with Gasteiger partial charge in [-0.05, 0) is 68.8 Å². The van der Waals surface area contributed by atoms with Crippen LogP contribution in [0.3, 0.4) is 0 Å². The normalized spacial score (nSPS) is 21.5. The summed E-state index contributed by atoms with van der Waals surface area (Å²) in [4.78, 5) is 14.6. The number of likely N-dealkylation sites (tertiary alicyclic amines) is 1. The van der Waals surface area contributed by atoms with Crippen LogP contribution >= 0.6 is 12.4 Å². The van der Waals surface area contributed by atoms with E-state index in [1.165, 1.54) is 11.1 Å². The number of ether oxygens (including phenoxy) is 1. The van der Waals surface area contributed by atoms with Crippen molar-refractivity contribution >= 4 is 18.3 Å². The number of halogens is 1. The Balaban J connectivity index is 0.00000288. The third-order valence-corrected chi connectivity index (χ3v) is 4.80. The second-order valence-electron chi connectivity index (χ2n) is 7.11. The van der Waals surface area contributed by atoms with Crippen LogP contribution in [0.1, 0.15) is 51.2 Å². The smallest absolute Gasteiger partial charge is 0.263 e. The molecular weight excluding hydrogens is 324 g/mol. The van der Waals surface area contributed by atoms with Gasteiger partial charge in [0.2, 0.25) is 0 Å². The van der Waals surface area contributed by atoms with Gasteiger partial charge in [0, 0.05) is 12.6 Å². The number of nitrogens with two attached hydrogens (primary N) is 1. The van der Waals surface area contributed by atoms with Crippen molar-refractivity contribution in [1.29, 1.82) is 0 Å². The molecule has 0 radical (unpaired) electrons. The molecule has 0 aromatic heterocycles. The highest BCUT2D eigenvalue weighted by molar-refractivity contribution is 5.85. The number of nitrogens with zero attached hydrogens (tertiary/aromatic N) is 1. The lowest BCUT2D eigenvalue weighted by atomic mass is 9.98. The molecule has 1 aromatic carbocycles. The van der Waals surface area contributed by atoms with E-state index in [1.807, 2.05) is 24.0 Å². The molecule has 0 saturated carbocycles. The Bertz CT molecular complexity index is 562. The zero-order valence-corrected chi connectivity index (χ0v) is 16.2. The molecule has 1 aromatic rings. The van der Waals surface area contributed by atoms with Crippen LogP contribution in [0.25, 0.3) is 0 Å². The second-order valence-corrected chi connectivity index (χ2v) is 7.11. The summed E-state index contributed by atoms with van der Waals surface area (Å²) in [6, 6.07) is 6.32. The van der Waals surface area contributed by atoms with Gasteiger partial charge >= 0.3 is 0 Å². The average Bonchev–Trinajstić information content (AvgIpc) is 2.87. The molecule has 1 fully saturated rings. The average molecular weight is 355 g/mol. The number of aryl methyl sites for hydroxylation is 1. The Kier molecular flexibility index (Phi) is 7.56. The van der Waals surface area contributed by atoms with Crippen LogP contribution in [-0.4, -0.2) is 36.0 Å². The topological polar surface area (TPSA) is 55.6 Å². The zero-order chi connectivity index (χ0) is 17.1. The Morgan fingerprint density at radius 3 is 2.54 bits per heavy atom. The van der Waals surface area contributed by atoms with Crippen molar-refractivity contribution in [1.82, 2.24) is 4.90 Å². The standard InChI is InChI=1S/C19H30N2O2.ClH/c1-12(2)18-7-6-17(8-13(18)3)23-15(5)19(22)21-11-16(10-20)9-14(21)4;/h6-8,12,14-16H,9-11,20H2,1-5H3;1H. The molecule has 1 aliphatic heterocycles. The molecule has 0 aliphatic carbocycles. The molecule has 1 heterocycles. The summed E-state index contributed by atoms with van der Waals surface area (Å²) in [6.45, 7) is 11.7. The number of carbonyl (C=O) groups excluding carboxylic acids is 1. The molecule has 2 rings (SSSR count). The summed E-state index contributed by atoms with van der Waals surface area (Å²) < 4.78 is 5.90. The van der Waals surface area contributed by atoms with Gasteiger partial charge in [0.1, 0.15) is 5.75 Å². The Labute approximate surface area is 152 Å². The van der Waals surface area contributed by atoms with E-state index in [0.29, 0.717) is 18.4 Å². The van der Waals surface area contributed by atoms with Crippen LogP contribution in [0, 0.1) is 12.8 Å². The summed E-state index contributed by atoms with van der Waals surface area (Å²) in [5.74, 6) is 1.71. The van der Waals surface area contributed by atoms with Gasteiger partial charge in [0.05, 0.1) is 0 Å². The van der Waals surface area contributed by atoms with E-state index < -0.39 is 6.10 Å². The van der Waals surface area contributed by atoms with Crippen LogP contribution < -0.4 is 10.5 Å². The highest BCUT2D eigenvalue weighted by Crippen LogP contribution is 2.26. The summed E-state index contributed by atoms with van der Waals surface area (Å²) in [5, 5.41) is 0. The van der Waals surface area contributed by atoms with Gasteiger partial charge in [-0.3, -0.25) is 4.79 Å². The number of benzene rings is 1. The molecule has 4 nitrogen and oxygen atoms in total. The fraction of sp³-hybridized carbons (Fsp3) is 0.632. The van der Waals surface area contributed by atoms with Gasteiger partial charge in [0.25, 0.3) is 5.91 Å². The SMILES string of the molecule is Cc1cc(OC(C)C(=O)N2CC(CN)CC2C)ccc1C(C)C.Cl. The van der Waals surface area contributed by atoms with E-state index >= 15 is 0 Å². The monoisotopic (exact) mass is 354 g/mol. The molecule has 5 heteroatoms. The van der Waals surface area contributed by atoms with Gasteiger partial charge in [-0.2, -0.15) is 0 Å². The Morgan fingerprint density at radius 2 is 2.04 bits per heavy atom. The fourth-order valence-corrected chi connectivity index (χ4v) is 3.48. The highest BCUT2D eigenvalue weighted by Gasteiger charge is 2.34. The Morgan fingerprint density at radius 1 is 1.38 bits per heavy atom. The summed E-state index contributed by atoms with van der Waals surface area (Å²) in [7, 11) is 0. The van der Waals surface area contributed by atoms with Crippen molar-refractivity contribution in [3.63, 3.8) is 0 Å². The molecule has 2 N–H and O–H groups in total. The minimum atomic E-state index is -0.474. The van der Waals surface area contributed by atoms with Gasteiger partial charge in [-0.1, -0.05) is 19.9 Å². The largest absolute Gasteiger partial charge is 0.481 e. The zero-order valence-electron chi connectivity index (χ0n) is 15.4. The van der Waals surface area contributed by atoms with E-state index in [9.17, 15) is 4.79 Å². The predicted molar refractivity (Wildman–Crippen MR) is 101 cm³/mol. The first-order chi connectivity index (χ1) is 10.8. The number of carbonyl (C=O) groups is 1. The van der Waals surface area contributed by atoms with Crippen molar-refractivity contribution in [3.8, 4) is 5.75 Å². The summed E-state index contributed by atoms with van der Waals surface area (Å²) in [6.07, 6.45) is 0.509. The quantitative estimate of drug-likeness (QED) is 0.880. The predicted octanol–water partition coefficient (Wildman–Crippen LogP) is 3.50. The Hall–Kier alpha value is -1.26. The van der Waals surface area contributed by atoms with Crippen LogP contribution in [0.15, 0.2) is 18.2 Å². The number of hydrogen-bond donors (Lipinski definition) is 1. The first kappa shape index (κ1) is 20.8. The van der Waals surface area contributed by atoms with E-state index in [-0.39, 0.29) is 24.4 Å². The van der Waals surface area contributed by atoms with Crippen LogP contribution in [0.4, 0.5) is 0 Å². The molecule has 24 heavy (non-hydrogen) atoms. The summed E-state index contributed by atoms with van der Waals surface area (Å²) >= 11 is 0. The molecule has 3 unspecified atom stereocenters. The molecule has 0 bridgehead atoms. The molecule has 3 atom stereocenters. The maximum absolute atomic E-state index is 12.6. The van der Waals surface area contributed by atoms with Crippen LogP contribution in [0.5, 0.6) is 5.75 Å². The van der Waals surface area contributed by atoms with E-state index in [1.54, 1.807) is 0 Å². The maximum Gasteiger partial charge on any atom is 0.263 e. The summed E-state index contributed by atoms with van der Waals surface area (Å²) in [5.41, 5.74) is 8.26. The fourth-order valence-electron chi connectivity index (χ4n) is 3.48. The van der Waals surface area contributed by atoms with Crippen molar-refractivity contribution in [2.75, 3.05) is 13.1 Å². The van der Waals surface area contributed by atoms with Gasteiger partial charge in [0.15, 0.2) is 6.10 Å². The molecule has 1 aliphatic rings. The lowest BCUT2D eigenvalue weighted by Crippen LogP contribution is -2.42. The van der Waals surface area contributed by atoms with Crippen molar-refractivity contribution in [2.24, 2.45) is 11.7 Å². The third-order valence-electron chi connectivity index (χ3n) is 4.80. The van der Waals surface area contributed by atoms with Crippen molar-refractivity contribution < 1.29 is 9.53 Å². The first-order valence-corrected chi connectivity index (χ1v) is 8.61. The van der Waals surface area contributed by atoms with Crippen molar-refractivity contribution in [2.45, 2.75) is 59.1 Å². The van der Waals surface area contributed by atoms with E-state index in [2.05, 4.69) is 33.8 Å². The van der Waals surface area contributed by atoms with E-state index in [0.717, 1.165) is 18.7 Å². The second kappa shape index (κ2) is 8.72. The number of hydrogen-bond acceptors (Lipinski definition) is 3. The molecule has 136 valence electrons. The molecule has 0 spiro atoms. The van der Waals surface area contributed by atoms with Crippen molar-refractivity contribution in [3.05, 3.63) is 29.3 Å². The molecule has 1 saturated heterocycles. The molecule has 1 amide bonds. The number of rotatable bonds is 5. The minimum absolute atomic E-state index is 0. The minimum Gasteiger partial charge on any atom is -0.481 e. The van der Waals surface area contributed by atoms with E-state index in [4.69, 9.17) is 10.5 Å². The third kappa shape index (κ3) is 4.64. The van der Waals surface area contributed by atoms with Crippen LogP contribution in [0.2, 0.25) is 0 Å². The first-order valence-electron chi connectivity index (χ1n) is 8.61. The lowest BCUT2D eigenvalue weighted by Gasteiger charge is -2.25. The lowest BCUT2D eigenvalue weighted by molar-refractivity contribution is -0.138. The highest BCUT2D eigenvalue weighted by atomic mass is 35.5. The number of amides is 1.